The van der Waals surface area contributed by atoms with E-state index >= 15 is 0 Å². The molecule has 0 saturated carbocycles. The number of nitrogens with one attached hydrogen (secondary N) is 3. The number of primary amides is 1. The molecule has 3 rings (SSSR count). The van der Waals surface area contributed by atoms with E-state index in [0.29, 0.717) is 5.56 Å². The van der Waals surface area contributed by atoms with Gasteiger partial charge in [-0.2, -0.15) is 0 Å². The Bertz CT molecular complexity index is 871. The van der Waals surface area contributed by atoms with Gasteiger partial charge in [-0.25, -0.2) is 0 Å². The van der Waals surface area contributed by atoms with Crippen molar-refractivity contribution < 1.29 is 14.4 Å². The first-order chi connectivity index (χ1) is 12.9. The Labute approximate surface area is 157 Å². The third-order valence-corrected chi connectivity index (χ3v) is 4.96. The largest absolute Gasteiger partial charge is 0.368 e. The molecular formula is C20H24N4O3. The molecule has 142 valence electrons. The fourth-order valence-corrected chi connectivity index (χ4v) is 3.49. The van der Waals surface area contributed by atoms with Crippen molar-refractivity contribution in [2.75, 3.05) is 13.1 Å². The van der Waals surface area contributed by atoms with Crippen LogP contribution in [0.25, 0.3) is 10.8 Å². The molecule has 2 aromatic carbocycles. The molecule has 1 aliphatic heterocycles. The molecule has 0 aromatic heterocycles. The van der Waals surface area contributed by atoms with Crippen LogP contribution in [0.2, 0.25) is 0 Å². The molecule has 0 aliphatic carbocycles. The fraction of sp³-hybridized carbons (Fsp3) is 0.350. The zero-order chi connectivity index (χ0) is 19.4. The van der Waals surface area contributed by atoms with E-state index in [-0.39, 0.29) is 18.5 Å². The molecule has 0 radical (unpaired) electrons. The molecule has 0 bridgehead atoms. The molecule has 1 heterocycles. The van der Waals surface area contributed by atoms with Crippen molar-refractivity contribution in [3.63, 3.8) is 0 Å². The summed E-state index contributed by atoms with van der Waals surface area (Å²) in [5.41, 5.74) is 4.47. The summed E-state index contributed by atoms with van der Waals surface area (Å²) in [6.45, 7) is 2.13. The summed E-state index contributed by atoms with van der Waals surface area (Å²) < 4.78 is 0. The van der Waals surface area contributed by atoms with Crippen molar-refractivity contribution in [1.29, 1.82) is 0 Å². The van der Waals surface area contributed by atoms with Crippen LogP contribution in [-0.2, 0) is 19.9 Å². The van der Waals surface area contributed by atoms with Crippen molar-refractivity contribution in [3.05, 3.63) is 48.0 Å². The van der Waals surface area contributed by atoms with Gasteiger partial charge in [0.1, 0.15) is 5.54 Å². The molecule has 0 unspecified atom stereocenters. The molecular weight excluding hydrogens is 344 g/mol. The molecule has 2 atom stereocenters. The van der Waals surface area contributed by atoms with E-state index in [1.54, 1.807) is 6.92 Å². The molecule has 1 aliphatic rings. The first-order valence-corrected chi connectivity index (χ1v) is 9.02. The van der Waals surface area contributed by atoms with E-state index < -0.39 is 17.4 Å². The van der Waals surface area contributed by atoms with E-state index in [0.717, 1.165) is 30.2 Å². The van der Waals surface area contributed by atoms with Crippen molar-refractivity contribution in [3.8, 4) is 0 Å². The molecule has 1 fully saturated rings. The van der Waals surface area contributed by atoms with E-state index in [2.05, 4.69) is 16.0 Å². The third kappa shape index (κ3) is 3.93. The van der Waals surface area contributed by atoms with Crippen molar-refractivity contribution in [1.82, 2.24) is 16.0 Å². The summed E-state index contributed by atoms with van der Waals surface area (Å²) in [7, 11) is 0. The van der Waals surface area contributed by atoms with Crippen LogP contribution >= 0.6 is 0 Å². The van der Waals surface area contributed by atoms with E-state index in [1.807, 2.05) is 42.5 Å². The minimum absolute atomic E-state index is 0.239. The number of nitrogens with two attached hydrogens (primary N) is 1. The summed E-state index contributed by atoms with van der Waals surface area (Å²) in [5.74, 6) is -1.37. The summed E-state index contributed by atoms with van der Waals surface area (Å²) in [6.07, 6.45) is 1.64. The van der Waals surface area contributed by atoms with Crippen LogP contribution in [0.5, 0.6) is 0 Å². The lowest BCUT2D eigenvalue weighted by Crippen LogP contribution is -2.58. The predicted molar refractivity (Wildman–Crippen MR) is 103 cm³/mol. The number of carbonyl (C=O) groups is 3. The molecule has 27 heavy (non-hydrogen) atoms. The molecule has 7 nitrogen and oxygen atoms in total. The van der Waals surface area contributed by atoms with Crippen LogP contribution in [0.3, 0.4) is 0 Å². The van der Waals surface area contributed by atoms with Crippen molar-refractivity contribution in [2.24, 2.45) is 5.73 Å². The summed E-state index contributed by atoms with van der Waals surface area (Å²) in [5, 5.41) is 10.4. The van der Waals surface area contributed by atoms with Gasteiger partial charge in [0.05, 0.1) is 12.6 Å². The maximum absolute atomic E-state index is 13.0. The van der Waals surface area contributed by atoms with E-state index in [4.69, 9.17) is 5.73 Å². The molecule has 0 spiro atoms. The Kier molecular flexibility index (Phi) is 5.41. The number of benzene rings is 2. The lowest BCUT2D eigenvalue weighted by Gasteiger charge is -2.32. The number of fused-ring (bicyclic) bond motifs is 1. The second-order valence-corrected chi connectivity index (χ2v) is 6.94. The fourth-order valence-electron chi connectivity index (χ4n) is 3.49. The van der Waals surface area contributed by atoms with Gasteiger partial charge >= 0.3 is 0 Å². The van der Waals surface area contributed by atoms with Gasteiger partial charge in [0, 0.05) is 0 Å². The van der Waals surface area contributed by atoms with Crippen LogP contribution in [0.4, 0.5) is 0 Å². The second kappa shape index (κ2) is 7.75. The van der Waals surface area contributed by atoms with Crippen LogP contribution in [0.1, 0.15) is 25.3 Å². The molecule has 3 amide bonds. The quantitative estimate of drug-likeness (QED) is 0.595. The normalized spacial score (nSPS) is 18.6. The van der Waals surface area contributed by atoms with Crippen LogP contribution < -0.4 is 21.7 Å². The number of rotatable bonds is 6. The Balaban J connectivity index is 2.01. The lowest BCUT2D eigenvalue weighted by molar-refractivity contribution is -0.134. The molecule has 7 heteroatoms. The summed E-state index contributed by atoms with van der Waals surface area (Å²) >= 11 is 0. The Morgan fingerprint density at radius 1 is 1.19 bits per heavy atom. The van der Waals surface area contributed by atoms with Gasteiger partial charge in [0.15, 0.2) is 0 Å². The highest BCUT2D eigenvalue weighted by molar-refractivity contribution is 5.99. The Morgan fingerprint density at radius 2 is 1.93 bits per heavy atom. The SMILES string of the molecule is C[C@@](NC(=O)[C@@H]1CCCN1)(C(=O)NCC(N)=O)c1cccc2ccccc12. The zero-order valence-electron chi connectivity index (χ0n) is 15.2. The monoisotopic (exact) mass is 368 g/mol. The number of hydrogen-bond acceptors (Lipinski definition) is 4. The standard InChI is InChI=1S/C20H24N4O3/c1-20(19(27)23-12-17(21)25,24-18(26)16-10-5-11-22-16)15-9-4-7-13-6-2-3-8-14(13)15/h2-4,6-9,16,22H,5,10-12H2,1H3,(H2,21,25)(H,23,27)(H,24,26)/t16-,20-/m0/s1. The zero-order valence-corrected chi connectivity index (χ0v) is 15.2. The first-order valence-electron chi connectivity index (χ1n) is 9.02. The summed E-state index contributed by atoms with van der Waals surface area (Å²) in [6, 6.07) is 12.9. The van der Waals surface area contributed by atoms with Crippen molar-refractivity contribution in [2.45, 2.75) is 31.3 Å². The van der Waals surface area contributed by atoms with E-state index in [1.165, 1.54) is 0 Å². The molecule has 1 saturated heterocycles. The Hall–Kier alpha value is -2.93. The maximum atomic E-state index is 13.0. The lowest BCUT2D eigenvalue weighted by atomic mass is 9.86. The second-order valence-electron chi connectivity index (χ2n) is 6.94. The van der Waals surface area contributed by atoms with Gasteiger partial charge in [0.25, 0.3) is 5.91 Å². The maximum Gasteiger partial charge on any atom is 0.250 e. The van der Waals surface area contributed by atoms with Crippen LogP contribution in [-0.4, -0.2) is 36.9 Å². The summed E-state index contributed by atoms with van der Waals surface area (Å²) in [4.78, 5) is 36.9. The van der Waals surface area contributed by atoms with Crippen LogP contribution in [0, 0.1) is 0 Å². The number of carbonyl (C=O) groups excluding carboxylic acids is 3. The highest BCUT2D eigenvalue weighted by Crippen LogP contribution is 2.29. The predicted octanol–water partition coefficient (Wildman–Crippen LogP) is 0.525. The molecule has 2 aromatic rings. The van der Waals surface area contributed by atoms with Crippen LogP contribution in [0.15, 0.2) is 42.5 Å². The van der Waals surface area contributed by atoms with E-state index in [9.17, 15) is 14.4 Å². The number of hydrogen-bond donors (Lipinski definition) is 4. The average molecular weight is 368 g/mol. The minimum Gasteiger partial charge on any atom is -0.368 e. The topological polar surface area (TPSA) is 113 Å². The van der Waals surface area contributed by atoms with Gasteiger partial charge in [-0.05, 0) is 42.6 Å². The Morgan fingerprint density at radius 3 is 2.63 bits per heavy atom. The van der Waals surface area contributed by atoms with Gasteiger partial charge in [-0.15, -0.1) is 0 Å². The first kappa shape index (κ1) is 18.8. The van der Waals surface area contributed by atoms with Crippen molar-refractivity contribution >= 4 is 28.5 Å². The third-order valence-electron chi connectivity index (χ3n) is 4.96. The van der Waals surface area contributed by atoms with Gasteiger partial charge in [-0.3, -0.25) is 14.4 Å². The minimum atomic E-state index is -1.35. The number of amides is 3. The van der Waals surface area contributed by atoms with Gasteiger partial charge in [-0.1, -0.05) is 42.5 Å². The smallest absolute Gasteiger partial charge is 0.250 e. The molecule has 5 N–H and O–H groups in total. The van der Waals surface area contributed by atoms with Gasteiger partial charge < -0.3 is 21.7 Å². The highest BCUT2D eigenvalue weighted by Gasteiger charge is 2.39. The average Bonchev–Trinajstić information content (AvgIpc) is 3.20. The highest BCUT2D eigenvalue weighted by atomic mass is 16.2. The van der Waals surface area contributed by atoms with Gasteiger partial charge in [0.2, 0.25) is 11.8 Å².